The van der Waals surface area contributed by atoms with Crippen molar-refractivity contribution in [3.63, 3.8) is 0 Å². The molecule has 0 fully saturated rings. The summed E-state index contributed by atoms with van der Waals surface area (Å²) in [6.45, 7) is 5.64. The number of anilines is 1. The number of amides is 2. The third-order valence-corrected chi connectivity index (χ3v) is 4.42. The highest BCUT2D eigenvalue weighted by Gasteiger charge is 2.25. The quantitative estimate of drug-likeness (QED) is 0.607. The molecule has 0 spiro atoms. The minimum Gasteiger partial charge on any atom is -0.496 e. The highest BCUT2D eigenvalue weighted by Crippen LogP contribution is 2.32. The number of oxazole rings is 1. The van der Waals surface area contributed by atoms with Gasteiger partial charge in [-0.05, 0) is 57.0 Å². The number of benzene rings is 1. The van der Waals surface area contributed by atoms with Crippen LogP contribution in [0.4, 0.5) is 5.69 Å². The maximum Gasteiger partial charge on any atom is 0.313 e. The maximum absolute atomic E-state index is 12.4. The van der Waals surface area contributed by atoms with E-state index in [0.717, 1.165) is 11.3 Å². The minimum atomic E-state index is -0.761. The Hall–Kier alpha value is -3.68. The van der Waals surface area contributed by atoms with Crippen LogP contribution in [-0.4, -0.2) is 34.4 Å². The predicted octanol–water partition coefficient (Wildman–Crippen LogP) is 3.13. The minimum absolute atomic E-state index is 0.429. The van der Waals surface area contributed by atoms with Crippen LogP contribution in [0.3, 0.4) is 0 Å². The van der Waals surface area contributed by atoms with E-state index in [4.69, 9.17) is 9.15 Å². The van der Waals surface area contributed by atoms with E-state index < -0.39 is 17.4 Å². The Morgan fingerprint density at radius 3 is 2.63 bits per heavy atom. The zero-order valence-electron chi connectivity index (χ0n) is 17.4. The van der Waals surface area contributed by atoms with Gasteiger partial charge in [0.05, 0.1) is 18.9 Å². The Morgan fingerprint density at radius 2 is 1.97 bits per heavy atom. The molecule has 0 atom stereocenters. The van der Waals surface area contributed by atoms with Crippen LogP contribution in [-0.2, 0) is 16.0 Å². The van der Waals surface area contributed by atoms with Gasteiger partial charge >= 0.3 is 11.8 Å². The van der Waals surface area contributed by atoms with Gasteiger partial charge in [-0.15, -0.1) is 0 Å². The predicted molar refractivity (Wildman–Crippen MR) is 112 cm³/mol. The molecule has 0 radical (unpaired) electrons. The van der Waals surface area contributed by atoms with Crippen molar-refractivity contribution in [1.29, 1.82) is 0 Å². The molecule has 0 aliphatic rings. The highest BCUT2D eigenvalue weighted by molar-refractivity contribution is 6.39. The molecule has 30 heavy (non-hydrogen) atoms. The van der Waals surface area contributed by atoms with E-state index >= 15 is 0 Å². The molecule has 0 saturated carbocycles. The van der Waals surface area contributed by atoms with E-state index in [1.165, 1.54) is 13.5 Å². The summed E-state index contributed by atoms with van der Waals surface area (Å²) < 4.78 is 10.6. The molecule has 1 aromatic carbocycles. The lowest BCUT2D eigenvalue weighted by Crippen LogP contribution is -2.49. The number of rotatable bonds is 6. The molecule has 2 heterocycles. The van der Waals surface area contributed by atoms with E-state index in [1.54, 1.807) is 30.6 Å². The lowest BCUT2D eigenvalue weighted by Gasteiger charge is -2.26. The van der Waals surface area contributed by atoms with Gasteiger partial charge in [0.25, 0.3) is 0 Å². The Bertz CT molecular complexity index is 1050. The number of carbonyl (C=O) groups is 2. The van der Waals surface area contributed by atoms with Crippen molar-refractivity contribution in [2.45, 2.75) is 32.7 Å². The van der Waals surface area contributed by atoms with Crippen LogP contribution < -0.4 is 15.4 Å². The largest absolute Gasteiger partial charge is 0.496 e. The fraction of sp³-hybridized carbons (Fsp3) is 0.273. The Kier molecular flexibility index (Phi) is 6.15. The van der Waals surface area contributed by atoms with Crippen LogP contribution in [0.25, 0.3) is 11.3 Å². The molecule has 2 N–H and O–H groups in total. The van der Waals surface area contributed by atoms with E-state index in [0.29, 0.717) is 29.2 Å². The van der Waals surface area contributed by atoms with E-state index in [1.807, 2.05) is 32.9 Å². The van der Waals surface area contributed by atoms with Gasteiger partial charge in [0.15, 0.2) is 12.2 Å². The molecule has 0 aliphatic heterocycles. The topological polar surface area (TPSA) is 106 Å². The van der Waals surface area contributed by atoms with Gasteiger partial charge in [0.2, 0.25) is 0 Å². The number of ether oxygens (including phenoxy) is 1. The van der Waals surface area contributed by atoms with Gasteiger partial charge in [-0.25, -0.2) is 4.98 Å². The zero-order valence-corrected chi connectivity index (χ0v) is 17.4. The fourth-order valence-electron chi connectivity index (χ4n) is 3.14. The number of hydrogen-bond acceptors (Lipinski definition) is 6. The molecular formula is C22H24N4O4. The number of nitrogens with one attached hydrogen (secondary N) is 2. The number of aromatic nitrogens is 2. The summed E-state index contributed by atoms with van der Waals surface area (Å²) in [5, 5.41) is 5.38. The van der Waals surface area contributed by atoms with Crippen molar-refractivity contribution in [2.75, 3.05) is 12.4 Å². The summed E-state index contributed by atoms with van der Waals surface area (Å²) in [6, 6.07) is 8.85. The Morgan fingerprint density at radius 1 is 1.17 bits per heavy atom. The maximum atomic E-state index is 12.4. The zero-order chi connectivity index (χ0) is 21.7. The second-order valence-electron chi connectivity index (χ2n) is 7.56. The smallest absolute Gasteiger partial charge is 0.313 e. The van der Waals surface area contributed by atoms with Crippen molar-refractivity contribution in [3.05, 3.63) is 60.4 Å². The third kappa shape index (κ3) is 5.22. The number of carbonyl (C=O) groups excluding carboxylic acids is 2. The van der Waals surface area contributed by atoms with Crippen molar-refractivity contribution in [3.8, 4) is 17.1 Å². The average molecular weight is 408 g/mol. The Balaban J connectivity index is 1.65. The lowest BCUT2D eigenvalue weighted by atomic mass is 9.95. The standard InChI is InChI=1S/C22H24N4O4/c1-14-9-15(7-8-24-14)11-22(2,3)26-21(28)20(27)25-16-5-6-17(18(10-16)29-4)19-12-23-13-30-19/h5-10,12-13H,11H2,1-4H3,(H,25,27)(H,26,28). The van der Waals surface area contributed by atoms with Gasteiger partial charge in [0, 0.05) is 29.2 Å². The highest BCUT2D eigenvalue weighted by atomic mass is 16.5. The fourth-order valence-corrected chi connectivity index (χ4v) is 3.14. The van der Waals surface area contributed by atoms with Crippen LogP contribution >= 0.6 is 0 Å². The van der Waals surface area contributed by atoms with Crippen molar-refractivity contribution < 1.29 is 18.7 Å². The summed E-state index contributed by atoms with van der Waals surface area (Å²) >= 11 is 0. The van der Waals surface area contributed by atoms with Crippen LogP contribution in [0.2, 0.25) is 0 Å². The number of methoxy groups -OCH3 is 1. The second kappa shape index (κ2) is 8.77. The number of nitrogens with zero attached hydrogens (tertiary/aromatic N) is 2. The molecule has 8 heteroatoms. The molecule has 3 aromatic rings. The average Bonchev–Trinajstić information content (AvgIpc) is 3.21. The molecule has 2 aromatic heterocycles. The monoisotopic (exact) mass is 408 g/mol. The van der Waals surface area contributed by atoms with Gasteiger partial charge in [0.1, 0.15) is 5.75 Å². The first kappa shape index (κ1) is 21.0. The molecular weight excluding hydrogens is 384 g/mol. The summed E-state index contributed by atoms with van der Waals surface area (Å²) in [5.41, 5.74) is 2.43. The first-order valence-electron chi connectivity index (χ1n) is 9.39. The van der Waals surface area contributed by atoms with Crippen LogP contribution in [0.1, 0.15) is 25.1 Å². The van der Waals surface area contributed by atoms with E-state index in [2.05, 4.69) is 20.6 Å². The van der Waals surface area contributed by atoms with E-state index in [-0.39, 0.29) is 0 Å². The molecule has 0 aliphatic carbocycles. The van der Waals surface area contributed by atoms with Gasteiger partial charge in [-0.1, -0.05) is 0 Å². The van der Waals surface area contributed by atoms with Crippen molar-refractivity contribution >= 4 is 17.5 Å². The molecule has 2 amide bonds. The van der Waals surface area contributed by atoms with Gasteiger partial charge in [-0.3, -0.25) is 14.6 Å². The molecule has 0 saturated heterocycles. The number of hydrogen-bond donors (Lipinski definition) is 2. The van der Waals surface area contributed by atoms with Crippen molar-refractivity contribution in [1.82, 2.24) is 15.3 Å². The normalized spacial score (nSPS) is 11.1. The third-order valence-electron chi connectivity index (χ3n) is 4.42. The number of pyridine rings is 1. The molecule has 8 nitrogen and oxygen atoms in total. The first-order chi connectivity index (χ1) is 14.3. The summed E-state index contributed by atoms with van der Waals surface area (Å²) in [4.78, 5) is 32.9. The first-order valence-corrected chi connectivity index (χ1v) is 9.39. The van der Waals surface area contributed by atoms with Crippen LogP contribution in [0.15, 0.2) is 53.5 Å². The second-order valence-corrected chi connectivity index (χ2v) is 7.56. The summed E-state index contributed by atoms with van der Waals surface area (Å²) in [5.74, 6) is -0.457. The van der Waals surface area contributed by atoms with E-state index in [9.17, 15) is 9.59 Å². The van der Waals surface area contributed by atoms with Crippen LogP contribution in [0.5, 0.6) is 5.75 Å². The molecule has 156 valence electrons. The van der Waals surface area contributed by atoms with Gasteiger partial charge < -0.3 is 19.8 Å². The number of aryl methyl sites for hydroxylation is 1. The molecule has 0 bridgehead atoms. The van der Waals surface area contributed by atoms with Gasteiger partial charge in [-0.2, -0.15) is 0 Å². The summed E-state index contributed by atoms with van der Waals surface area (Å²) in [6.07, 6.45) is 5.18. The SMILES string of the molecule is COc1cc(NC(=O)C(=O)NC(C)(C)Cc2ccnc(C)c2)ccc1-c1cnco1. The lowest BCUT2D eigenvalue weighted by molar-refractivity contribution is -0.137. The summed E-state index contributed by atoms with van der Waals surface area (Å²) in [7, 11) is 1.51. The Labute approximate surface area is 174 Å². The van der Waals surface area contributed by atoms with Crippen molar-refractivity contribution in [2.24, 2.45) is 0 Å². The molecule has 3 rings (SSSR count). The van der Waals surface area contributed by atoms with Crippen LogP contribution in [0, 0.1) is 6.92 Å². The molecule has 0 unspecified atom stereocenters.